The summed E-state index contributed by atoms with van der Waals surface area (Å²) < 4.78 is 0. The average molecular weight is 124 g/mol. The smallest absolute Gasteiger partial charge is 0.0312 e. The molecular formula is C10H4. The van der Waals surface area contributed by atoms with Gasteiger partial charge in [-0.2, -0.15) is 0 Å². The standard InChI is InChI=1S/C10H4/c1-2-4-6-8-10-9-7-5-3-1/h1-2,5-6H. The highest BCUT2D eigenvalue weighted by Crippen LogP contribution is 1.72. The van der Waals surface area contributed by atoms with Gasteiger partial charge in [0.25, 0.3) is 0 Å². The zero-order valence-electron chi connectivity index (χ0n) is 5.31. The molecule has 1 aliphatic rings. The minimum absolute atomic E-state index is 1.62. The van der Waals surface area contributed by atoms with Crippen molar-refractivity contribution < 1.29 is 0 Å². The average Bonchev–Trinajstić information content (AvgIpc) is 2.01. The molecule has 0 bridgehead atoms. The third-order valence-electron chi connectivity index (χ3n) is 0.794. The first-order valence-corrected chi connectivity index (χ1v) is 2.82. The van der Waals surface area contributed by atoms with Gasteiger partial charge in [0.1, 0.15) is 0 Å². The van der Waals surface area contributed by atoms with Crippen LogP contribution in [-0.4, -0.2) is 0 Å². The van der Waals surface area contributed by atoms with E-state index < -0.39 is 0 Å². The van der Waals surface area contributed by atoms with Crippen LogP contribution in [-0.2, 0) is 0 Å². The second-order valence-corrected chi connectivity index (χ2v) is 1.49. The number of allylic oxidation sites excluding steroid dienone is 2. The van der Waals surface area contributed by atoms with Gasteiger partial charge in [-0.05, 0) is 24.0 Å². The Hall–Kier alpha value is -1.84. The summed E-state index contributed by atoms with van der Waals surface area (Å²) in [6, 6.07) is 0. The lowest BCUT2D eigenvalue weighted by atomic mass is 10.4. The highest BCUT2D eigenvalue weighted by molar-refractivity contribution is 5.34. The van der Waals surface area contributed by atoms with Gasteiger partial charge in [0.2, 0.25) is 0 Å². The van der Waals surface area contributed by atoms with Gasteiger partial charge in [0.05, 0.1) is 0 Å². The molecule has 0 heterocycles. The van der Waals surface area contributed by atoms with Crippen molar-refractivity contribution in [3.05, 3.63) is 35.8 Å². The summed E-state index contributed by atoms with van der Waals surface area (Å²) in [7, 11) is 0. The van der Waals surface area contributed by atoms with Gasteiger partial charge in [-0.25, -0.2) is 0 Å². The fourth-order valence-corrected chi connectivity index (χ4v) is 0.420. The molecule has 1 aliphatic carbocycles. The largest absolute Gasteiger partial charge is 0.111 e. The van der Waals surface area contributed by atoms with Crippen LogP contribution in [0.2, 0.25) is 0 Å². The lowest BCUT2D eigenvalue weighted by Gasteiger charge is -1.63. The van der Waals surface area contributed by atoms with Crippen LogP contribution in [0.1, 0.15) is 0 Å². The monoisotopic (exact) mass is 124 g/mol. The molecule has 0 aromatic carbocycles. The van der Waals surface area contributed by atoms with E-state index >= 15 is 0 Å². The predicted octanol–water partition coefficient (Wildman–Crippen LogP) is 1.43. The Bertz CT molecular complexity index is 308. The molecule has 0 aromatic rings. The first-order chi connectivity index (χ1) is 5.00. The van der Waals surface area contributed by atoms with E-state index in [1.165, 1.54) is 0 Å². The lowest BCUT2D eigenvalue weighted by Crippen LogP contribution is -1.52. The molecule has 0 spiro atoms. The lowest BCUT2D eigenvalue weighted by molar-refractivity contribution is 1.99. The Labute approximate surface area is 60.3 Å². The van der Waals surface area contributed by atoms with Crippen molar-refractivity contribution in [2.45, 2.75) is 0 Å². The van der Waals surface area contributed by atoms with Crippen LogP contribution in [0.3, 0.4) is 0 Å². The first kappa shape index (κ1) is 6.28. The van der Waals surface area contributed by atoms with E-state index in [2.05, 4.69) is 35.1 Å². The highest BCUT2D eigenvalue weighted by Gasteiger charge is 1.58. The van der Waals surface area contributed by atoms with E-state index in [1.807, 2.05) is 0 Å². The maximum absolute atomic E-state index is 2.83. The Kier molecular flexibility index (Phi) is 2.56. The third kappa shape index (κ3) is 2.46. The molecule has 0 aromatic heterocycles. The normalized spacial score (nSPS) is 11.2. The van der Waals surface area contributed by atoms with Crippen molar-refractivity contribution in [3.63, 3.8) is 0 Å². The summed E-state index contributed by atoms with van der Waals surface area (Å²) in [4.78, 5) is 0. The molecule has 10 heavy (non-hydrogen) atoms. The summed E-state index contributed by atoms with van der Waals surface area (Å²) in [6.07, 6.45) is 6.72. The van der Waals surface area contributed by atoms with Crippen molar-refractivity contribution in [1.82, 2.24) is 0 Å². The Morgan fingerprint density at radius 3 is 1.70 bits per heavy atom. The zero-order chi connectivity index (χ0) is 7.07. The predicted molar refractivity (Wildman–Crippen MR) is 40.9 cm³/mol. The molecule has 0 saturated heterocycles. The maximum Gasteiger partial charge on any atom is 0.0312 e. The summed E-state index contributed by atoms with van der Waals surface area (Å²) in [5.74, 6) is 10.6. The Balaban J connectivity index is 3.02. The second-order valence-electron chi connectivity index (χ2n) is 1.49. The minimum atomic E-state index is 1.62. The molecule has 0 heteroatoms. The summed E-state index contributed by atoms with van der Waals surface area (Å²) in [5, 5.41) is 0. The molecule has 0 radical (unpaired) electrons. The number of hydrogen-bond acceptors (Lipinski definition) is 0. The van der Waals surface area contributed by atoms with Crippen LogP contribution >= 0.6 is 0 Å². The van der Waals surface area contributed by atoms with Crippen LogP contribution in [0.5, 0.6) is 0 Å². The van der Waals surface area contributed by atoms with E-state index in [-0.39, 0.29) is 0 Å². The molecule has 0 aliphatic heterocycles. The van der Waals surface area contributed by atoms with Gasteiger partial charge in [0, 0.05) is 12.2 Å². The van der Waals surface area contributed by atoms with Crippen LogP contribution < -0.4 is 0 Å². The Morgan fingerprint density at radius 2 is 1.20 bits per heavy atom. The van der Waals surface area contributed by atoms with Crippen LogP contribution in [0.25, 0.3) is 0 Å². The van der Waals surface area contributed by atoms with Gasteiger partial charge in [-0.3, -0.25) is 0 Å². The van der Waals surface area contributed by atoms with Crippen molar-refractivity contribution >= 4 is 0 Å². The van der Waals surface area contributed by atoms with E-state index in [0.29, 0.717) is 0 Å². The van der Waals surface area contributed by atoms with E-state index in [1.54, 1.807) is 24.3 Å². The van der Waals surface area contributed by atoms with Gasteiger partial charge < -0.3 is 0 Å². The third-order valence-corrected chi connectivity index (χ3v) is 0.794. The Morgan fingerprint density at radius 1 is 0.700 bits per heavy atom. The van der Waals surface area contributed by atoms with E-state index in [0.717, 1.165) is 0 Å². The molecule has 0 atom stereocenters. The van der Waals surface area contributed by atoms with Crippen molar-refractivity contribution in [2.24, 2.45) is 0 Å². The molecule has 0 nitrogen and oxygen atoms in total. The summed E-state index contributed by atoms with van der Waals surface area (Å²) in [5.41, 5.74) is 5.65. The zero-order valence-corrected chi connectivity index (χ0v) is 5.31. The van der Waals surface area contributed by atoms with Gasteiger partial charge in [0.15, 0.2) is 0 Å². The van der Waals surface area contributed by atoms with Crippen LogP contribution in [0.15, 0.2) is 35.8 Å². The topological polar surface area (TPSA) is 0 Å². The fourth-order valence-electron chi connectivity index (χ4n) is 0.420. The maximum atomic E-state index is 2.83. The fraction of sp³-hybridized carbons (Fsp3) is 0. The van der Waals surface area contributed by atoms with Gasteiger partial charge in [-0.1, -0.05) is 11.8 Å². The highest BCUT2D eigenvalue weighted by atomic mass is 13.6. The molecule has 0 N–H and O–H groups in total. The molecular weight excluding hydrogens is 120 g/mol. The van der Waals surface area contributed by atoms with Crippen LogP contribution in [0, 0.1) is 23.7 Å². The molecule has 0 saturated carbocycles. The quantitative estimate of drug-likeness (QED) is 0.338. The summed E-state index contributed by atoms with van der Waals surface area (Å²) >= 11 is 0. The van der Waals surface area contributed by atoms with E-state index in [9.17, 15) is 0 Å². The molecule has 0 fully saturated rings. The van der Waals surface area contributed by atoms with Gasteiger partial charge in [-0.15, -0.1) is 11.5 Å². The molecule has 0 unspecified atom stereocenters. The second kappa shape index (κ2) is 4.08. The van der Waals surface area contributed by atoms with Crippen LogP contribution in [0.4, 0.5) is 0 Å². The van der Waals surface area contributed by atoms with Crippen molar-refractivity contribution in [1.29, 1.82) is 0 Å². The molecule has 0 amide bonds. The van der Waals surface area contributed by atoms with Crippen molar-refractivity contribution in [3.8, 4) is 23.7 Å². The number of rotatable bonds is 0. The minimum Gasteiger partial charge on any atom is -0.111 e. The van der Waals surface area contributed by atoms with E-state index in [4.69, 9.17) is 0 Å². The number of hydrogen-bond donors (Lipinski definition) is 0. The summed E-state index contributed by atoms with van der Waals surface area (Å²) in [6.45, 7) is 0. The molecule has 1 rings (SSSR count). The molecule has 44 valence electrons. The first-order valence-electron chi connectivity index (χ1n) is 2.82. The van der Waals surface area contributed by atoms with Gasteiger partial charge >= 0.3 is 0 Å². The SMILES string of the molecule is C1=CC#CC#CC=C=CC=1. The van der Waals surface area contributed by atoms with Crippen molar-refractivity contribution in [2.75, 3.05) is 0 Å².